The summed E-state index contributed by atoms with van der Waals surface area (Å²) in [6, 6.07) is 8.42. The molecule has 0 aliphatic carbocycles. The molecule has 1 aromatic carbocycles. The number of nitrogens with zero attached hydrogens (tertiary/aromatic N) is 2. The van der Waals surface area contributed by atoms with Crippen LogP contribution in [0.3, 0.4) is 0 Å². The number of thiazole rings is 1. The van der Waals surface area contributed by atoms with Gasteiger partial charge in [0.15, 0.2) is 0 Å². The summed E-state index contributed by atoms with van der Waals surface area (Å²) in [6.07, 6.45) is 1.45. The highest BCUT2D eigenvalue weighted by Gasteiger charge is 2.27. The molecule has 0 aliphatic rings. The molecule has 132 valence electrons. The summed E-state index contributed by atoms with van der Waals surface area (Å²) in [5, 5.41) is 12.5. The van der Waals surface area contributed by atoms with E-state index in [1.165, 1.54) is 36.3 Å². The minimum atomic E-state index is -1.11. The van der Waals surface area contributed by atoms with Crippen LogP contribution in [0.2, 0.25) is 0 Å². The topological polar surface area (TPSA) is 99.6 Å². The molecule has 2 rings (SSSR count). The van der Waals surface area contributed by atoms with Gasteiger partial charge < -0.3 is 15.3 Å². The minimum Gasteiger partial charge on any atom is -0.480 e. The Morgan fingerprint density at radius 2 is 1.96 bits per heavy atom. The second-order valence-corrected chi connectivity index (χ2v) is 6.42. The number of rotatable bonds is 7. The van der Waals surface area contributed by atoms with Crippen LogP contribution in [0.1, 0.15) is 23.5 Å². The maximum atomic E-state index is 12.7. The zero-order valence-corrected chi connectivity index (χ0v) is 14.7. The van der Waals surface area contributed by atoms with Crippen molar-refractivity contribution in [3.63, 3.8) is 0 Å². The highest BCUT2D eigenvalue weighted by Crippen LogP contribution is 2.26. The smallest absolute Gasteiger partial charge is 0.326 e. The molecule has 1 heterocycles. The van der Waals surface area contributed by atoms with Crippen molar-refractivity contribution in [3.8, 4) is 10.6 Å². The first-order valence-electron chi connectivity index (χ1n) is 7.69. The number of aromatic nitrogens is 1. The largest absolute Gasteiger partial charge is 0.480 e. The van der Waals surface area contributed by atoms with Crippen LogP contribution in [-0.4, -0.2) is 51.9 Å². The molecule has 25 heavy (non-hydrogen) atoms. The van der Waals surface area contributed by atoms with Gasteiger partial charge in [-0.3, -0.25) is 9.59 Å². The van der Waals surface area contributed by atoms with E-state index >= 15 is 0 Å². The van der Waals surface area contributed by atoms with E-state index in [1.54, 1.807) is 0 Å². The molecule has 0 saturated heterocycles. The van der Waals surface area contributed by atoms with Crippen molar-refractivity contribution in [3.05, 3.63) is 41.4 Å². The Morgan fingerprint density at radius 3 is 2.56 bits per heavy atom. The molecule has 0 aliphatic heterocycles. The Balaban J connectivity index is 2.19. The summed E-state index contributed by atoms with van der Waals surface area (Å²) in [5.74, 6) is -1.76. The summed E-state index contributed by atoms with van der Waals surface area (Å²) >= 11 is 1.21. The summed E-state index contributed by atoms with van der Waals surface area (Å²) in [6.45, 7) is 3.09. The second-order valence-electron chi connectivity index (χ2n) is 5.39. The number of amides is 2. The van der Waals surface area contributed by atoms with E-state index in [9.17, 15) is 19.5 Å². The van der Waals surface area contributed by atoms with Gasteiger partial charge in [-0.1, -0.05) is 30.3 Å². The van der Waals surface area contributed by atoms with Gasteiger partial charge in [0.2, 0.25) is 5.91 Å². The molecular formula is C17H19N3O4S. The number of nitrogens with one attached hydrogen (secondary N) is 1. The molecule has 0 radical (unpaired) electrons. The highest BCUT2D eigenvalue weighted by atomic mass is 32.1. The Labute approximate surface area is 149 Å². The van der Waals surface area contributed by atoms with E-state index in [4.69, 9.17) is 0 Å². The third-order valence-electron chi connectivity index (χ3n) is 3.55. The quantitative estimate of drug-likeness (QED) is 0.784. The molecule has 0 bridgehead atoms. The van der Waals surface area contributed by atoms with Crippen molar-refractivity contribution < 1.29 is 19.5 Å². The van der Waals surface area contributed by atoms with Crippen molar-refractivity contribution in [1.29, 1.82) is 0 Å². The van der Waals surface area contributed by atoms with E-state index in [2.05, 4.69) is 10.3 Å². The van der Waals surface area contributed by atoms with Gasteiger partial charge in [-0.15, -0.1) is 11.3 Å². The fourth-order valence-corrected chi connectivity index (χ4v) is 3.06. The summed E-state index contributed by atoms with van der Waals surface area (Å²) in [4.78, 5) is 40.9. The number of carboxylic acids is 1. The predicted molar refractivity (Wildman–Crippen MR) is 94.4 cm³/mol. The average Bonchev–Trinajstić information content (AvgIpc) is 3.08. The van der Waals surface area contributed by atoms with Gasteiger partial charge in [0.1, 0.15) is 15.9 Å². The van der Waals surface area contributed by atoms with Crippen molar-refractivity contribution in [1.82, 2.24) is 15.2 Å². The summed E-state index contributed by atoms with van der Waals surface area (Å²) in [5.41, 5.74) is 0.891. The molecule has 2 amide bonds. The second kappa shape index (κ2) is 8.39. The van der Waals surface area contributed by atoms with Crippen LogP contribution in [0.4, 0.5) is 0 Å². The molecule has 1 atom stereocenters. The first kappa shape index (κ1) is 18.6. The van der Waals surface area contributed by atoms with Crippen LogP contribution in [-0.2, 0) is 9.59 Å². The monoisotopic (exact) mass is 361 g/mol. The number of carboxylic acid groups (broad SMARTS) is 1. The van der Waals surface area contributed by atoms with E-state index in [0.29, 0.717) is 9.88 Å². The lowest BCUT2D eigenvalue weighted by Gasteiger charge is -2.25. The number of benzene rings is 1. The van der Waals surface area contributed by atoms with Crippen molar-refractivity contribution in [2.24, 2.45) is 0 Å². The van der Waals surface area contributed by atoms with E-state index in [-0.39, 0.29) is 19.0 Å². The molecule has 8 heteroatoms. The lowest BCUT2D eigenvalue weighted by atomic mass is 10.2. The average molecular weight is 361 g/mol. The zero-order valence-electron chi connectivity index (χ0n) is 13.9. The Morgan fingerprint density at radius 1 is 1.28 bits per heavy atom. The molecule has 7 nitrogen and oxygen atoms in total. The Kier molecular flexibility index (Phi) is 6.24. The van der Waals surface area contributed by atoms with Gasteiger partial charge in [-0.2, -0.15) is 0 Å². The molecule has 0 fully saturated rings. The number of aliphatic carboxylic acids is 1. The van der Waals surface area contributed by atoms with Crippen LogP contribution in [0.25, 0.3) is 10.6 Å². The van der Waals surface area contributed by atoms with Gasteiger partial charge in [0.25, 0.3) is 5.91 Å². The maximum absolute atomic E-state index is 12.7. The lowest BCUT2D eigenvalue weighted by molar-refractivity contribution is -0.141. The molecule has 2 aromatic rings. The van der Waals surface area contributed by atoms with Crippen LogP contribution in [0, 0.1) is 0 Å². The third kappa shape index (κ3) is 4.87. The molecule has 1 aromatic heterocycles. The number of hydrogen-bond acceptors (Lipinski definition) is 5. The van der Waals surface area contributed by atoms with Gasteiger partial charge in [-0.05, 0) is 6.92 Å². The Hall–Kier alpha value is -2.74. The van der Waals surface area contributed by atoms with Crippen LogP contribution in [0.5, 0.6) is 0 Å². The SMILES string of the molecule is CC(=O)NCCN(C(=O)c1cnc(-c2ccccc2)s1)C(C)C(=O)O. The van der Waals surface area contributed by atoms with E-state index in [0.717, 1.165) is 5.56 Å². The maximum Gasteiger partial charge on any atom is 0.326 e. The minimum absolute atomic E-state index is 0.102. The van der Waals surface area contributed by atoms with Crippen molar-refractivity contribution in [2.45, 2.75) is 19.9 Å². The fourth-order valence-electron chi connectivity index (χ4n) is 2.19. The lowest BCUT2D eigenvalue weighted by Crippen LogP contribution is -2.46. The highest BCUT2D eigenvalue weighted by molar-refractivity contribution is 7.16. The van der Waals surface area contributed by atoms with Gasteiger partial charge in [-0.25, -0.2) is 9.78 Å². The standard InChI is InChI=1S/C17H19N3O4S/c1-11(17(23)24)20(9-8-18-12(2)21)16(22)14-10-19-15(25-14)13-6-4-3-5-7-13/h3-7,10-11H,8-9H2,1-2H3,(H,18,21)(H,23,24). The number of carbonyl (C=O) groups excluding carboxylic acids is 2. The molecule has 2 N–H and O–H groups in total. The number of hydrogen-bond donors (Lipinski definition) is 2. The summed E-state index contributed by atoms with van der Waals surface area (Å²) in [7, 11) is 0. The summed E-state index contributed by atoms with van der Waals surface area (Å²) < 4.78 is 0. The van der Waals surface area contributed by atoms with Gasteiger partial charge in [0.05, 0.1) is 6.20 Å². The number of carbonyl (C=O) groups is 3. The molecular weight excluding hydrogens is 342 g/mol. The van der Waals surface area contributed by atoms with Crippen LogP contribution < -0.4 is 5.32 Å². The van der Waals surface area contributed by atoms with Gasteiger partial charge in [0, 0.05) is 25.6 Å². The van der Waals surface area contributed by atoms with Crippen molar-refractivity contribution >= 4 is 29.1 Å². The predicted octanol–water partition coefficient (Wildman–Crippen LogP) is 1.86. The normalized spacial score (nSPS) is 11.6. The first-order valence-corrected chi connectivity index (χ1v) is 8.51. The van der Waals surface area contributed by atoms with E-state index < -0.39 is 17.9 Å². The van der Waals surface area contributed by atoms with Crippen LogP contribution >= 0.6 is 11.3 Å². The molecule has 0 spiro atoms. The van der Waals surface area contributed by atoms with Crippen molar-refractivity contribution in [2.75, 3.05) is 13.1 Å². The van der Waals surface area contributed by atoms with E-state index in [1.807, 2.05) is 30.3 Å². The fraction of sp³-hybridized carbons (Fsp3) is 0.294. The zero-order chi connectivity index (χ0) is 18.4. The third-order valence-corrected chi connectivity index (χ3v) is 4.58. The molecule has 1 unspecified atom stereocenters. The van der Waals surface area contributed by atoms with Crippen LogP contribution in [0.15, 0.2) is 36.5 Å². The first-order chi connectivity index (χ1) is 11.9. The van der Waals surface area contributed by atoms with Gasteiger partial charge >= 0.3 is 5.97 Å². The Bertz CT molecular complexity index is 760. The molecule has 0 saturated carbocycles.